The zero-order chi connectivity index (χ0) is 19.2. The molecule has 6 nitrogen and oxygen atoms in total. The van der Waals surface area contributed by atoms with Crippen molar-refractivity contribution >= 4 is 34.8 Å². The SMILES string of the molecule is C[C@@H]1C[C@@H](C(=O)N2CCC(CCC(=O)Nc3ccccc3)CC2)NC(=S)N1. The van der Waals surface area contributed by atoms with Crippen LogP contribution in [0.15, 0.2) is 30.3 Å². The molecule has 2 saturated heterocycles. The molecule has 2 fully saturated rings. The summed E-state index contributed by atoms with van der Waals surface area (Å²) in [7, 11) is 0. The summed E-state index contributed by atoms with van der Waals surface area (Å²) in [6.07, 6.45) is 4.05. The largest absolute Gasteiger partial charge is 0.360 e. The Labute approximate surface area is 166 Å². The Morgan fingerprint density at radius 3 is 2.56 bits per heavy atom. The van der Waals surface area contributed by atoms with Gasteiger partial charge in [-0.2, -0.15) is 0 Å². The molecular weight excluding hydrogens is 360 g/mol. The number of likely N-dealkylation sites (tertiary alicyclic amines) is 1. The minimum Gasteiger partial charge on any atom is -0.360 e. The van der Waals surface area contributed by atoms with Crippen molar-refractivity contribution in [3.63, 3.8) is 0 Å². The van der Waals surface area contributed by atoms with Gasteiger partial charge in [0, 0.05) is 31.2 Å². The number of amides is 2. The van der Waals surface area contributed by atoms with Crippen LogP contribution in [0.1, 0.15) is 39.0 Å². The van der Waals surface area contributed by atoms with Gasteiger partial charge in [0.25, 0.3) is 0 Å². The molecule has 0 radical (unpaired) electrons. The summed E-state index contributed by atoms with van der Waals surface area (Å²) in [5.41, 5.74) is 0.838. The highest BCUT2D eigenvalue weighted by atomic mass is 32.1. The molecule has 0 spiro atoms. The van der Waals surface area contributed by atoms with E-state index in [2.05, 4.69) is 16.0 Å². The van der Waals surface area contributed by atoms with Crippen molar-refractivity contribution in [1.29, 1.82) is 0 Å². The number of hydrogen-bond acceptors (Lipinski definition) is 3. The van der Waals surface area contributed by atoms with Crippen molar-refractivity contribution < 1.29 is 9.59 Å². The normalized spacial score (nSPS) is 23.3. The lowest BCUT2D eigenvalue weighted by molar-refractivity contribution is -0.135. The molecule has 0 unspecified atom stereocenters. The fraction of sp³-hybridized carbons (Fsp3) is 0.550. The zero-order valence-electron chi connectivity index (χ0n) is 15.7. The summed E-state index contributed by atoms with van der Waals surface area (Å²) in [5.74, 6) is 0.698. The maximum absolute atomic E-state index is 12.7. The molecule has 3 N–H and O–H groups in total. The van der Waals surface area contributed by atoms with E-state index in [1.807, 2.05) is 42.2 Å². The van der Waals surface area contributed by atoms with Gasteiger partial charge in [0.05, 0.1) is 0 Å². The molecule has 2 amide bonds. The van der Waals surface area contributed by atoms with E-state index < -0.39 is 0 Å². The van der Waals surface area contributed by atoms with E-state index in [4.69, 9.17) is 12.2 Å². The molecule has 0 aromatic heterocycles. The van der Waals surface area contributed by atoms with Gasteiger partial charge in [0.1, 0.15) is 6.04 Å². The molecule has 2 heterocycles. The standard InChI is InChI=1S/C20H28N4O2S/c1-14-13-17(23-20(27)21-14)19(26)24-11-9-15(10-12-24)7-8-18(25)22-16-5-3-2-4-6-16/h2-6,14-15,17H,7-13H2,1H3,(H,22,25)(H2,21,23,27)/t14-,17+/m1/s1. The van der Waals surface area contributed by atoms with Gasteiger partial charge in [-0.15, -0.1) is 0 Å². The van der Waals surface area contributed by atoms with Gasteiger partial charge in [-0.25, -0.2) is 0 Å². The Morgan fingerprint density at radius 2 is 1.89 bits per heavy atom. The molecule has 2 aliphatic heterocycles. The van der Waals surface area contributed by atoms with Crippen molar-refractivity contribution in [2.75, 3.05) is 18.4 Å². The number of thiocarbonyl (C=S) groups is 1. The smallest absolute Gasteiger partial charge is 0.245 e. The third-order valence-corrected chi connectivity index (χ3v) is 5.57. The van der Waals surface area contributed by atoms with Crippen LogP contribution in [0.4, 0.5) is 5.69 Å². The van der Waals surface area contributed by atoms with Crippen LogP contribution in [0.2, 0.25) is 0 Å². The van der Waals surface area contributed by atoms with Crippen molar-refractivity contribution in [3.05, 3.63) is 30.3 Å². The summed E-state index contributed by atoms with van der Waals surface area (Å²) in [6.45, 7) is 3.56. The maximum Gasteiger partial charge on any atom is 0.245 e. The second-order valence-corrected chi connectivity index (χ2v) is 7.94. The fourth-order valence-electron chi connectivity index (χ4n) is 3.80. The monoisotopic (exact) mass is 388 g/mol. The number of nitrogens with zero attached hydrogens (tertiary/aromatic N) is 1. The average molecular weight is 389 g/mol. The van der Waals surface area contributed by atoms with Crippen molar-refractivity contribution in [3.8, 4) is 0 Å². The number of carbonyl (C=O) groups is 2. The number of rotatable bonds is 5. The Balaban J connectivity index is 1.39. The lowest BCUT2D eigenvalue weighted by Crippen LogP contribution is -2.59. The highest BCUT2D eigenvalue weighted by Gasteiger charge is 2.32. The minimum atomic E-state index is -0.220. The highest BCUT2D eigenvalue weighted by molar-refractivity contribution is 7.80. The van der Waals surface area contributed by atoms with Crippen LogP contribution in [0.25, 0.3) is 0 Å². The van der Waals surface area contributed by atoms with E-state index in [-0.39, 0.29) is 23.9 Å². The quantitative estimate of drug-likeness (QED) is 0.675. The third-order valence-electron chi connectivity index (χ3n) is 5.33. The van der Waals surface area contributed by atoms with Gasteiger partial charge in [0.15, 0.2) is 5.11 Å². The maximum atomic E-state index is 12.7. The first-order valence-corrected chi connectivity index (χ1v) is 10.1. The molecule has 27 heavy (non-hydrogen) atoms. The number of nitrogens with one attached hydrogen (secondary N) is 3. The zero-order valence-corrected chi connectivity index (χ0v) is 16.6. The van der Waals surface area contributed by atoms with E-state index >= 15 is 0 Å². The number of anilines is 1. The average Bonchev–Trinajstić information content (AvgIpc) is 2.66. The first-order valence-electron chi connectivity index (χ1n) is 9.72. The van der Waals surface area contributed by atoms with E-state index in [0.29, 0.717) is 17.5 Å². The lowest BCUT2D eigenvalue weighted by Gasteiger charge is -2.37. The first kappa shape index (κ1) is 19.6. The van der Waals surface area contributed by atoms with Crippen LogP contribution >= 0.6 is 12.2 Å². The first-order chi connectivity index (χ1) is 13.0. The highest BCUT2D eigenvalue weighted by Crippen LogP contribution is 2.23. The van der Waals surface area contributed by atoms with E-state index in [9.17, 15) is 9.59 Å². The summed E-state index contributed by atoms with van der Waals surface area (Å²) >= 11 is 5.17. The second-order valence-electron chi connectivity index (χ2n) is 7.53. The lowest BCUT2D eigenvalue weighted by atomic mass is 9.91. The number of hydrogen-bond donors (Lipinski definition) is 3. The summed E-state index contributed by atoms with van der Waals surface area (Å²) in [5, 5.41) is 9.72. The predicted molar refractivity (Wildman–Crippen MR) is 110 cm³/mol. The Kier molecular flexibility index (Phi) is 6.66. The van der Waals surface area contributed by atoms with Crippen LogP contribution in [0.3, 0.4) is 0 Å². The molecule has 1 aromatic rings. The number of benzene rings is 1. The number of piperidine rings is 1. The summed E-state index contributed by atoms with van der Waals surface area (Å²) < 4.78 is 0. The molecule has 0 saturated carbocycles. The van der Waals surface area contributed by atoms with Crippen LogP contribution in [0.5, 0.6) is 0 Å². The van der Waals surface area contributed by atoms with Crippen LogP contribution in [-0.2, 0) is 9.59 Å². The molecule has 0 bridgehead atoms. The molecule has 2 aliphatic rings. The van der Waals surface area contributed by atoms with Gasteiger partial charge in [0.2, 0.25) is 11.8 Å². The molecule has 146 valence electrons. The van der Waals surface area contributed by atoms with Crippen LogP contribution in [-0.4, -0.2) is 47.0 Å². The van der Waals surface area contributed by atoms with E-state index in [1.54, 1.807) is 0 Å². The van der Waals surface area contributed by atoms with Crippen molar-refractivity contribution in [1.82, 2.24) is 15.5 Å². The van der Waals surface area contributed by atoms with Gasteiger partial charge in [-0.05, 0) is 62.9 Å². The van der Waals surface area contributed by atoms with Crippen LogP contribution < -0.4 is 16.0 Å². The number of carbonyl (C=O) groups excluding carboxylic acids is 2. The molecule has 1 aromatic carbocycles. The van der Waals surface area contributed by atoms with Gasteiger partial charge >= 0.3 is 0 Å². The van der Waals surface area contributed by atoms with Gasteiger partial charge in [-0.1, -0.05) is 18.2 Å². The molecular formula is C20H28N4O2S. The second kappa shape index (κ2) is 9.17. The number of para-hydroxylation sites is 1. The Hall–Kier alpha value is -2.15. The molecule has 3 rings (SSSR count). The van der Waals surface area contributed by atoms with Crippen molar-refractivity contribution in [2.45, 2.75) is 51.1 Å². The Morgan fingerprint density at radius 1 is 1.19 bits per heavy atom. The summed E-state index contributed by atoms with van der Waals surface area (Å²) in [6, 6.07) is 9.53. The topological polar surface area (TPSA) is 73.5 Å². The van der Waals surface area contributed by atoms with E-state index in [1.165, 1.54) is 0 Å². The summed E-state index contributed by atoms with van der Waals surface area (Å²) in [4.78, 5) is 26.8. The van der Waals surface area contributed by atoms with Crippen LogP contribution in [0, 0.1) is 5.92 Å². The molecule has 7 heteroatoms. The molecule has 0 aliphatic carbocycles. The molecule has 2 atom stereocenters. The van der Waals surface area contributed by atoms with E-state index in [0.717, 1.165) is 44.5 Å². The van der Waals surface area contributed by atoms with Crippen molar-refractivity contribution in [2.24, 2.45) is 5.92 Å². The Bertz CT molecular complexity index is 674. The van der Waals surface area contributed by atoms with Gasteiger partial charge < -0.3 is 20.9 Å². The van der Waals surface area contributed by atoms with Gasteiger partial charge in [-0.3, -0.25) is 9.59 Å². The fourth-order valence-corrected chi connectivity index (χ4v) is 4.14. The third kappa shape index (κ3) is 5.66. The predicted octanol–water partition coefficient (Wildman–Crippen LogP) is 2.27. The minimum absolute atomic E-state index is 0.0566.